The Labute approximate surface area is 191 Å². The van der Waals surface area contributed by atoms with Gasteiger partial charge in [-0.2, -0.15) is 0 Å². The second-order valence-electron chi connectivity index (χ2n) is 8.65. The Bertz CT molecular complexity index is 1130. The fourth-order valence-corrected chi connectivity index (χ4v) is 4.32. The number of morpholine rings is 1. The lowest BCUT2D eigenvalue weighted by atomic mass is 9.83. The number of aromatic nitrogens is 4. The maximum atomic E-state index is 11.4. The van der Waals surface area contributed by atoms with E-state index in [1.165, 1.54) is 18.3 Å². The van der Waals surface area contributed by atoms with Crippen LogP contribution in [0.4, 0.5) is 16.9 Å². The van der Waals surface area contributed by atoms with Gasteiger partial charge < -0.3 is 20.7 Å². The number of nitrogens with two attached hydrogens (primary N) is 1. The van der Waals surface area contributed by atoms with Crippen molar-refractivity contribution in [3.63, 3.8) is 0 Å². The number of hydrogen-bond donors (Lipinski definition) is 2. The first-order valence-corrected chi connectivity index (χ1v) is 11.2. The summed E-state index contributed by atoms with van der Waals surface area (Å²) in [6.45, 7) is 10.6. The maximum Gasteiger partial charge on any atom is 0.226 e. The number of nitrogens with one attached hydrogen (secondary N) is 1. The van der Waals surface area contributed by atoms with Gasteiger partial charge in [-0.15, -0.1) is 0 Å². The molecule has 9 nitrogen and oxygen atoms in total. The van der Waals surface area contributed by atoms with Crippen molar-refractivity contribution in [1.82, 2.24) is 19.9 Å². The lowest BCUT2D eigenvalue weighted by Gasteiger charge is -2.28. The molecule has 0 radical (unpaired) electrons. The zero-order chi connectivity index (χ0) is 22.9. The molecule has 1 fully saturated rings. The molecule has 0 aliphatic carbocycles. The highest BCUT2D eigenvalue weighted by atomic mass is 32.1. The summed E-state index contributed by atoms with van der Waals surface area (Å²) in [5.41, 5.74) is 9.33. The predicted octanol–water partition coefficient (Wildman–Crippen LogP) is 3.34. The molecule has 10 heteroatoms. The summed E-state index contributed by atoms with van der Waals surface area (Å²) < 4.78 is 5.50. The molecule has 4 heterocycles. The molecule has 0 bridgehead atoms. The fourth-order valence-electron chi connectivity index (χ4n) is 3.50. The van der Waals surface area contributed by atoms with Gasteiger partial charge in [-0.3, -0.25) is 4.79 Å². The molecule has 3 aromatic rings. The van der Waals surface area contributed by atoms with Gasteiger partial charge in [0.1, 0.15) is 5.82 Å². The second-order valence-corrected chi connectivity index (χ2v) is 9.68. The molecule has 1 aliphatic rings. The van der Waals surface area contributed by atoms with Crippen molar-refractivity contribution in [3.05, 3.63) is 30.1 Å². The number of pyridine rings is 1. The first kappa shape index (κ1) is 22.1. The number of anilines is 3. The Kier molecular flexibility index (Phi) is 6.07. The summed E-state index contributed by atoms with van der Waals surface area (Å²) in [5, 5.41) is 3.26. The van der Waals surface area contributed by atoms with Gasteiger partial charge in [0.2, 0.25) is 11.9 Å². The van der Waals surface area contributed by atoms with Gasteiger partial charge in [0, 0.05) is 38.0 Å². The minimum Gasteiger partial charge on any atom is -0.384 e. The third kappa shape index (κ3) is 4.86. The van der Waals surface area contributed by atoms with Crippen LogP contribution >= 0.6 is 11.3 Å². The summed E-state index contributed by atoms with van der Waals surface area (Å²) >= 11 is 1.37. The summed E-state index contributed by atoms with van der Waals surface area (Å²) in [4.78, 5) is 32.7. The minimum absolute atomic E-state index is 0.153. The van der Waals surface area contributed by atoms with Crippen molar-refractivity contribution < 1.29 is 9.53 Å². The topological polar surface area (TPSA) is 119 Å². The monoisotopic (exact) mass is 453 g/mol. The number of carbonyl (C=O) groups is 1. The van der Waals surface area contributed by atoms with Crippen LogP contribution in [0.15, 0.2) is 24.5 Å². The van der Waals surface area contributed by atoms with E-state index in [0.717, 1.165) is 40.5 Å². The van der Waals surface area contributed by atoms with Crippen molar-refractivity contribution in [2.45, 2.75) is 33.1 Å². The van der Waals surface area contributed by atoms with Crippen LogP contribution in [0.3, 0.4) is 0 Å². The third-order valence-electron chi connectivity index (χ3n) is 5.06. The zero-order valence-electron chi connectivity index (χ0n) is 18.7. The normalized spacial score (nSPS) is 14.4. The first-order chi connectivity index (χ1) is 15.2. The molecule has 0 atom stereocenters. The SMILES string of the molecule is CC(=O)Nc1ncc(-c2cc(-c3cnc(N)cc3C(C)(C)C)nc(N3CCOCC3)n2)s1. The first-order valence-electron chi connectivity index (χ1n) is 10.4. The molecule has 0 spiro atoms. The average Bonchev–Trinajstić information content (AvgIpc) is 3.21. The van der Waals surface area contributed by atoms with Gasteiger partial charge in [-0.1, -0.05) is 32.1 Å². The summed E-state index contributed by atoms with van der Waals surface area (Å²) in [5.74, 6) is 0.946. The molecule has 4 rings (SSSR count). The summed E-state index contributed by atoms with van der Waals surface area (Å²) in [7, 11) is 0. The van der Waals surface area contributed by atoms with Gasteiger partial charge in [0.05, 0.1) is 29.5 Å². The van der Waals surface area contributed by atoms with Crippen molar-refractivity contribution in [3.8, 4) is 21.8 Å². The molecule has 0 saturated carbocycles. The molecule has 32 heavy (non-hydrogen) atoms. The van der Waals surface area contributed by atoms with E-state index in [-0.39, 0.29) is 11.3 Å². The Morgan fingerprint density at radius 1 is 1.12 bits per heavy atom. The average molecular weight is 454 g/mol. The smallest absolute Gasteiger partial charge is 0.226 e. The van der Waals surface area contributed by atoms with Gasteiger partial charge in [-0.05, 0) is 23.1 Å². The summed E-state index contributed by atoms with van der Waals surface area (Å²) in [6.07, 6.45) is 3.50. The van der Waals surface area contributed by atoms with Crippen LogP contribution in [0.5, 0.6) is 0 Å². The Hall–Kier alpha value is -3.11. The molecular weight excluding hydrogens is 426 g/mol. The number of ether oxygens (including phenoxy) is 1. The number of carbonyl (C=O) groups excluding carboxylic acids is 1. The van der Waals surface area contributed by atoms with Gasteiger partial charge in [-0.25, -0.2) is 19.9 Å². The molecule has 0 aromatic carbocycles. The Morgan fingerprint density at radius 3 is 2.53 bits per heavy atom. The lowest BCUT2D eigenvalue weighted by molar-refractivity contribution is -0.114. The zero-order valence-corrected chi connectivity index (χ0v) is 19.5. The maximum absolute atomic E-state index is 11.4. The van der Waals surface area contributed by atoms with Crippen LogP contribution in [0.25, 0.3) is 21.8 Å². The molecule has 1 amide bonds. The van der Waals surface area contributed by atoms with Crippen molar-refractivity contribution in [2.24, 2.45) is 0 Å². The van der Waals surface area contributed by atoms with Gasteiger partial charge in [0.15, 0.2) is 5.13 Å². The van der Waals surface area contributed by atoms with Crippen LogP contribution in [-0.4, -0.2) is 52.1 Å². The van der Waals surface area contributed by atoms with Crippen molar-refractivity contribution in [1.29, 1.82) is 0 Å². The Morgan fingerprint density at radius 2 is 1.84 bits per heavy atom. The van der Waals surface area contributed by atoms with Crippen LogP contribution < -0.4 is 16.0 Å². The van der Waals surface area contributed by atoms with E-state index in [4.69, 9.17) is 20.4 Å². The van der Waals surface area contributed by atoms with Crippen molar-refractivity contribution in [2.75, 3.05) is 42.3 Å². The predicted molar refractivity (Wildman–Crippen MR) is 127 cm³/mol. The van der Waals surface area contributed by atoms with E-state index < -0.39 is 0 Å². The largest absolute Gasteiger partial charge is 0.384 e. The molecule has 0 unspecified atom stereocenters. The molecule has 3 aromatic heterocycles. The van der Waals surface area contributed by atoms with Gasteiger partial charge >= 0.3 is 0 Å². The van der Waals surface area contributed by atoms with Crippen molar-refractivity contribution >= 4 is 34.1 Å². The van der Waals surface area contributed by atoms with Crippen LogP contribution in [0, 0.1) is 0 Å². The molecule has 168 valence electrons. The number of hydrogen-bond acceptors (Lipinski definition) is 9. The highest BCUT2D eigenvalue weighted by Crippen LogP contribution is 2.36. The number of nitrogens with zero attached hydrogens (tertiary/aromatic N) is 5. The molecular formula is C22H27N7O2S. The van der Waals surface area contributed by atoms with E-state index in [1.54, 1.807) is 12.4 Å². The minimum atomic E-state index is -0.161. The summed E-state index contributed by atoms with van der Waals surface area (Å²) in [6, 6.07) is 3.85. The second kappa shape index (κ2) is 8.79. The molecule has 1 aliphatic heterocycles. The highest BCUT2D eigenvalue weighted by molar-refractivity contribution is 7.19. The van der Waals surface area contributed by atoms with E-state index in [1.807, 2.05) is 12.1 Å². The Balaban J connectivity index is 1.85. The fraction of sp³-hybridized carbons (Fsp3) is 0.409. The number of thiazole rings is 1. The van der Waals surface area contributed by atoms with Gasteiger partial charge in [0.25, 0.3) is 0 Å². The van der Waals surface area contributed by atoms with E-state index >= 15 is 0 Å². The van der Waals surface area contributed by atoms with E-state index in [2.05, 4.69) is 41.0 Å². The number of nitrogen functional groups attached to an aromatic ring is 1. The highest BCUT2D eigenvalue weighted by Gasteiger charge is 2.23. The molecule has 3 N–H and O–H groups in total. The van der Waals surface area contributed by atoms with Crippen LogP contribution in [-0.2, 0) is 14.9 Å². The molecule has 1 saturated heterocycles. The number of rotatable bonds is 4. The van der Waals surface area contributed by atoms with E-state index in [9.17, 15) is 4.79 Å². The lowest BCUT2D eigenvalue weighted by Crippen LogP contribution is -2.37. The van der Waals surface area contributed by atoms with Crippen LogP contribution in [0.2, 0.25) is 0 Å². The quantitative estimate of drug-likeness (QED) is 0.617. The van der Waals surface area contributed by atoms with Crippen LogP contribution in [0.1, 0.15) is 33.3 Å². The van der Waals surface area contributed by atoms with E-state index in [0.29, 0.717) is 30.1 Å². The third-order valence-corrected chi connectivity index (χ3v) is 5.99. The standard InChI is InChI=1S/C22H27N7O2S/c1-13(30)26-21-25-12-18(32-21)17-10-16(27-20(28-17)29-5-7-31-8-6-29)14-11-24-19(23)9-15(14)22(2,3)4/h9-12H,5-8H2,1-4H3,(H2,23,24)(H,25,26,30). The number of amides is 1.